The summed E-state index contributed by atoms with van der Waals surface area (Å²) >= 11 is 0. The van der Waals surface area contributed by atoms with Crippen molar-refractivity contribution in [1.82, 2.24) is 0 Å². The van der Waals surface area contributed by atoms with E-state index >= 15 is 0 Å². The molecule has 0 radical (unpaired) electrons. The minimum atomic E-state index is -0.637. The number of rotatable bonds is 5. The summed E-state index contributed by atoms with van der Waals surface area (Å²) in [5.41, 5.74) is 0. The molecule has 0 N–H and O–H groups in total. The lowest BCUT2D eigenvalue weighted by Crippen LogP contribution is -2.34. The van der Waals surface area contributed by atoms with E-state index in [0.29, 0.717) is 38.9 Å². The third-order valence-electron chi connectivity index (χ3n) is 3.72. The standard InChI is InChI=1S/C12H19NO5/c14-10-3-1-2-9(8-10)11(13(15)16)4-5-12-17-6-7-18-12/h9,11-12H,1-8H2. The molecule has 2 fully saturated rings. The first kappa shape index (κ1) is 13.4. The van der Waals surface area contributed by atoms with Gasteiger partial charge < -0.3 is 9.47 Å². The van der Waals surface area contributed by atoms with Crippen LogP contribution in [-0.2, 0) is 14.3 Å². The molecule has 1 aliphatic carbocycles. The fraction of sp³-hybridized carbons (Fsp3) is 0.917. The van der Waals surface area contributed by atoms with Gasteiger partial charge in [0, 0.05) is 36.5 Å². The summed E-state index contributed by atoms with van der Waals surface area (Å²) in [6, 6.07) is -0.637. The van der Waals surface area contributed by atoms with Gasteiger partial charge in [0.2, 0.25) is 6.04 Å². The Morgan fingerprint density at radius 1 is 1.39 bits per heavy atom. The maximum atomic E-state index is 11.4. The molecule has 0 aromatic heterocycles. The van der Waals surface area contributed by atoms with E-state index in [4.69, 9.17) is 9.47 Å². The van der Waals surface area contributed by atoms with Crippen LogP contribution in [-0.4, -0.2) is 36.3 Å². The fourth-order valence-corrected chi connectivity index (χ4v) is 2.78. The largest absolute Gasteiger partial charge is 0.350 e. The number of hydrogen-bond acceptors (Lipinski definition) is 5. The average molecular weight is 257 g/mol. The predicted molar refractivity (Wildman–Crippen MR) is 62.7 cm³/mol. The molecule has 6 heteroatoms. The van der Waals surface area contributed by atoms with Gasteiger partial charge in [0.05, 0.1) is 13.2 Å². The van der Waals surface area contributed by atoms with Crippen LogP contribution < -0.4 is 0 Å². The van der Waals surface area contributed by atoms with Crippen molar-refractivity contribution < 1.29 is 19.2 Å². The third-order valence-corrected chi connectivity index (χ3v) is 3.72. The maximum Gasteiger partial charge on any atom is 0.216 e. The quantitative estimate of drug-likeness (QED) is 0.551. The number of nitrogens with zero attached hydrogens (tertiary/aromatic N) is 1. The molecule has 0 spiro atoms. The summed E-state index contributed by atoms with van der Waals surface area (Å²) in [6.07, 6.45) is 3.17. The highest BCUT2D eigenvalue weighted by atomic mass is 16.7. The molecule has 6 nitrogen and oxygen atoms in total. The van der Waals surface area contributed by atoms with Gasteiger partial charge in [0.25, 0.3) is 0 Å². The Balaban J connectivity index is 1.86. The van der Waals surface area contributed by atoms with Gasteiger partial charge in [-0.15, -0.1) is 0 Å². The van der Waals surface area contributed by atoms with Crippen LogP contribution in [0.1, 0.15) is 38.5 Å². The summed E-state index contributed by atoms with van der Waals surface area (Å²) < 4.78 is 10.6. The zero-order valence-corrected chi connectivity index (χ0v) is 10.4. The van der Waals surface area contributed by atoms with Crippen LogP contribution in [0.2, 0.25) is 0 Å². The van der Waals surface area contributed by atoms with Crippen molar-refractivity contribution in [2.75, 3.05) is 13.2 Å². The number of carbonyl (C=O) groups excluding carboxylic acids is 1. The highest BCUT2D eigenvalue weighted by Crippen LogP contribution is 2.29. The zero-order chi connectivity index (χ0) is 13.0. The average Bonchev–Trinajstić information content (AvgIpc) is 2.82. The molecule has 2 rings (SSSR count). The molecule has 1 saturated carbocycles. The second-order valence-corrected chi connectivity index (χ2v) is 5.00. The Labute approximate surface area is 106 Å². The van der Waals surface area contributed by atoms with E-state index in [1.165, 1.54) is 0 Å². The minimum Gasteiger partial charge on any atom is -0.350 e. The van der Waals surface area contributed by atoms with Crippen LogP contribution in [0.25, 0.3) is 0 Å². The second-order valence-electron chi connectivity index (χ2n) is 5.00. The monoisotopic (exact) mass is 257 g/mol. The first-order valence-electron chi connectivity index (χ1n) is 6.55. The summed E-state index contributed by atoms with van der Waals surface area (Å²) in [6.45, 7) is 1.13. The van der Waals surface area contributed by atoms with Crippen molar-refractivity contribution in [2.45, 2.75) is 50.9 Å². The fourth-order valence-electron chi connectivity index (χ4n) is 2.78. The van der Waals surface area contributed by atoms with E-state index in [1.54, 1.807) is 0 Å². The van der Waals surface area contributed by atoms with Crippen LogP contribution in [0.4, 0.5) is 0 Å². The lowest BCUT2D eigenvalue weighted by Gasteiger charge is -2.24. The van der Waals surface area contributed by atoms with Gasteiger partial charge in [-0.3, -0.25) is 14.9 Å². The number of nitro groups is 1. The Morgan fingerprint density at radius 2 is 2.11 bits per heavy atom. The van der Waals surface area contributed by atoms with E-state index in [-0.39, 0.29) is 22.9 Å². The summed E-state index contributed by atoms with van der Waals surface area (Å²) in [4.78, 5) is 22.3. The lowest BCUT2D eigenvalue weighted by atomic mass is 9.82. The third kappa shape index (κ3) is 3.49. The van der Waals surface area contributed by atoms with Gasteiger partial charge in [-0.2, -0.15) is 0 Å². The van der Waals surface area contributed by atoms with Gasteiger partial charge in [-0.25, -0.2) is 0 Å². The molecule has 2 aliphatic rings. The van der Waals surface area contributed by atoms with Crippen LogP contribution in [0, 0.1) is 16.0 Å². The van der Waals surface area contributed by atoms with Crippen molar-refractivity contribution in [3.8, 4) is 0 Å². The van der Waals surface area contributed by atoms with Crippen molar-refractivity contribution in [1.29, 1.82) is 0 Å². The lowest BCUT2D eigenvalue weighted by molar-refractivity contribution is -0.534. The van der Waals surface area contributed by atoms with Gasteiger partial charge in [-0.1, -0.05) is 0 Å². The smallest absolute Gasteiger partial charge is 0.216 e. The number of ketones is 1. The Bertz CT molecular complexity index is 314. The Morgan fingerprint density at radius 3 is 2.72 bits per heavy atom. The molecule has 2 unspecified atom stereocenters. The van der Waals surface area contributed by atoms with E-state index in [9.17, 15) is 14.9 Å². The Hall–Kier alpha value is -1.01. The molecule has 1 saturated heterocycles. The molecule has 2 atom stereocenters. The molecule has 0 bridgehead atoms. The van der Waals surface area contributed by atoms with Crippen molar-refractivity contribution in [2.24, 2.45) is 5.92 Å². The summed E-state index contributed by atoms with van der Waals surface area (Å²) in [5.74, 6) is 0.0501. The number of Topliss-reactive ketones (excluding diaryl/α,β-unsaturated/α-hetero) is 1. The van der Waals surface area contributed by atoms with Crippen molar-refractivity contribution >= 4 is 5.78 Å². The highest BCUT2D eigenvalue weighted by Gasteiger charge is 2.35. The van der Waals surface area contributed by atoms with E-state index in [0.717, 1.165) is 12.8 Å². The van der Waals surface area contributed by atoms with Gasteiger partial charge in [-0.05, 0) is 12.8 Å². The first-order valence-corrected chi connectivity index (χ1v) is 6.55. The van der Waals surface area contributed by atoms with Gasteiger partial charge in [0.15, 0.2) is 6.29 Å². The van der Waals surface area contributed by atoms with Crippen LogP contribution in [0.15, 0.2) is 0 Å². The van der Waals surface area contributed by atoms with E-state index < -0.39 is 6.04 Å². The molecule has 0 aromatic carbocycles. The van der Waals surface area contributed by atoms with E-state index in [1.807, 2.05) is 0 Å². The van der Waals surface area contributed by atoms with Crippen LogP contribution >= 0.6 is 0 Å². The summed E-state index contributed by atoms with van der Waals surface area (Å²) in [7, 11) is 0. The molecule has 102 valence electrons. The second kappa shape index (κ2) is 6.24. The van der Waals surface area contributed by atoms with Crippen molar-refractivity contribution in [3.63, 3.8) is 0 Å². The zero-order valence-electron chi connectivity index (χ0n) is 10.4. The maximum absolute atomic E-state index is 11.4. The highest BCUT2D eigenvalue weighted by molar-refractivity contribution is 5.79. The Kier molecular flexibility index (Phi) is 4.66. The first-order chi connectivity index (χ1) is 8.66. The van der Waals surface area contributed by atoms with Crippen molar-refractivity contribution in [3.05, 3.63) is 10.1 Å². The van der Waals surface area contributed by atoms with Gasteiger partial charge >= 0.3 is 0 Å². The number of carbonyl (C=O) groups is 1. The topological polar surface area (TPSA) is 78.7 Å². The predicted octanol–water partition coefficient (Wildman–Crippen LogP) is 1.54. The number of ether oxygens (including phenoxy) is 2. The number of hydrogen-bond donors (Lipinski definition) is 0. The van der Waals surface area contributed by atoms with Gasteiger partial charge in [0.1, 0.15) is 5.78 Å². The molecule has 18 heavy (non-hydrogen) atoms. The molecule has 0 aromatic rings. The molecule has 1 heterocycles. The molecular formula is C12H19NO5. The molecule has 0 amide bonds. The van der Waals surface area contributed by atoms with Crippen LogP contribution in [0.5, 0.6) is 0 Å². The van der Waals surface area contributed by atoms with Crippen LogP contribution in [0.3, 0.4) is 0 Å². The summed E-state index contributed by atoms with van der Waals surface area (Å²) in [5, 5.41) is 11.1. The molecule has 1 aliphatic heterocycles. The van der Waals surface area contributed by atoms with E-state index in [2.05, 4.69) is 0 Å². The molecular weight excluding hydrogens is 238 g/mol. The SMILES string of the molecule is O=C1CCCC(C(CCC2OCCO2)[N+](=O)[O-])C1. The normalized spacial score (nSPS) is 27.3. The minimum absolute atomic E-state index is 0.109.